The van der Waals surface area contributed by atoms with Crippen molar-refractivity contribution in [1.29, 1.82) is 0 Å². The largest absolute Gasteiger partial charge is 0.137 e. The highest BCUT2D eigenvalue weighted by atomic mass is 32.1. The van der Waals surface area contributed by atoms with E-state index in [1.165, 1.54) is 11.1 Å². The van der Waals surface area contributed by atoms with E-state index in [1.807, 2.05) is 0 Å². The lowest BCUT2D eigenvalue weighted by molar-refractivity contribution is 1.37. The number of rotatable bonds is 0. The molecule has 0 aliphatic heterocycles. The molecule has 1 aromatic rings. The molecule has 48 valence electrons. The highest BCUT2D eigenvalue weighted by Gasteiger charge is 1.94. The van der Waals surface area contributed by atoms with Crippen molar-refractivity contribution in [3.05, 3.63) is 20.2 Å². The summed E-state index contributed by atoms with van der Waals surface area (Å²) in [5.41, 5.74) is 2.59. The Labute approximate surface area is 59.2 Å². The lowest BCUT2D eigenvalue weighted by atomic mass is 10.2. The molecule has 1 rings (SSSR count). The molecule has 0 aromatic carbocycles. The molecule has 0 nitrogen and oxygen atoms in total. The summed E-state index contributed by atoms with van der Waals surface area (Å²) in [4.78, 5) is 0. The number of hydrogen-bond donors (Lipinski definition) is 0. The van der Waals surface area contributed by atoms with Gasteiger partial charge in [-0.25, -0.2) is 0 Å². The van der Waals surface area contributed by atoms with Gasteiger partial charge in [-0.2, -0.15) is 0 Å². The molecule has 0 fully saturated rings. The van der Waals surface area contributed by atoms with Crippen LogP contribution >= 0.6 is 11.3 Å². The molecule has 0 radical (unpaired) electrons. The van der Waals surface area contributed by atoms with Crippen molar-refractivity contribution in [2.24, 2.45) is 0 Å². The molecule has 0 amide bonds. The van der Waals surface area contributed by atoms with Gasteiger partial charge in [0.1, 0.15) is 0 Å². The normalized spacial score (nSPS) is 10.0. The molecule has 0 saturated carbocycles. The van der Waals surface area contributed by atoms with E-state index >= 15 is 0 Å². The molecule has 1 heteroatoms. The van der Waals surface area contributed by atoms with Crippen LogP contribution < -0.4 is 9.06 Å². The zero-order valence-electron chi connectivity index (χ0n) is 5.82. The van der Waals surface area contributed by atoms with E-state index in [4.69, 9.17) is 0 Å². The van der Waals surface area contributed by atoms with Crippen LogP contribution in [0.15, 0.2) is 0 Å². The molecule has 9 heavy (non-hydrogen) atoms. The topological polar surface area (TPSA) is 0 Å². The zero-order valence-corrected chi connectivity index (χ0v) is 6.64. The highest BCUT2D eigenvalue weighted by Crippen LogP contribution is 1.95. The molecular formula is C8H10S. The van der Waals surface area contributed by atoms with Gasteiger partial charge in [0, 0.05) is 9.06 Å². The van der Waals surface area contributed by atoms with Gasteiger partial charge < -0.3 is 0 Å². The number of hydrogen-bond acceptors (Lipinski definition) is 1. The molecule has 0 aliphatic carbocycles. The van der Waals surface area contributed by atoms with Crippen LogP contribution in [-0.4, -0.2) is 0 Å². The summed E-state index contributed by atoms with van der Waals surface area (Å²) >= 11 is 1.67. The highest BCUT2D eigenvalue weighted by molar-refractivity contribution is 7.07. The fourth-order valence-electron chi connectivity index (χ4n) is 0.720. The molecule has 0 N–H and O–H groups in total. The van der Waals surface area contributed by atoms with Crippen LogP contribution in [0.2, 0.25) is 0 Å². The first-order valence-electron chi connectivity index (χ1n) is 2.87. The van der Waals surface area contributed by atoms with E-state index in [2.05, 4.69) is 27.0 Å². The standard InChI is InChI=1S/C8H10S/c1-5-6(2)8(4)9-7(5)3/h3-4H2,1-2H3. The summed E-state index contributed by atoms with van der Waals surface area (Å²) in [6.45, 7) is 11.9. The third kappa shape index (κ3) is 0.924. The summed E-state index contributed by atoms with van der Waals surface area (Å²) in [5.74, 6) is 0. The SMILES string of the molecule is C=c1sc(=C)c(C)c1C. The van der Waals surface area contributed by atoms with E-state index in [1.54, 1.807) is 11.3 Å². The van der Waals surface area contributed by atoms with Crippen LogP contribution in [0.5, 0.6) is 0 Å². The minimum absolute atomic E-state index is 1.15. The maximum absolute atomic E-state index is 3.88. The summed E-state index contributed by atoms with van der Waals surface area (Å²) in [5, 5.41) is 0. The van der Waals surface area contributed by atoms with Crippen molar-refractivity contribution in [2.75, 3.05) is 0 Å². The lowest BCUT2D eigenvalue weighted by Gasteiger charge is -1.83. The summed E-state index contributed by atoms with van der Waals surface area (Å²) < 4.78 is 2.30. The molecule has 0 unspecified atom stereocenters. The summed E-state index contributed by atoms with van der Waals surface area (Å²) in [6, 6.07) is 0. The molecule has 0 spiro atoms. The monoisotopic (exact) mass is 138 g/mol. The second-order valence-electron chi connectivity index (χ2n) is 2.20. The number of thiophene rings is 1. The Kier molecular flexibility index (Phi) is 1.45. The fraction of sp³-hybridized carbons (Fsp3) is 0.250. The Morgan fingerprint density at radius 3 is 1.44 bits per heavy atom. The van der Waals surface area contributed by atoms with E-state index in [9.17, 15) is 0 Å². The smallest absolute Gasteiger partial charge is 0.0236 e. The van der Waals surface area contributed by atoms with Crippen LogP contribution in [0.3, 0.4) is 0 Å². The minimum atomic E-state index is 1.15. The van der Waals surface area contributed by atoms with Gasteiger partial charge in [-0.1, -0.05) is 13.2 Å². The van der Waals surface area contributed by atoms with Crippen LogP contribution in [0.1, 0.15) is 11.1 Å². The van der Waals surface area contributed by atoms with Gasteiger partial charge in [-0.05, 0) is 25.0 Å². The van der Waals surface area contributed by atoms with Crippen molar-refractivity contribution >= 4 is 24.5 Å². The predicted octanol–water partition coefficient (Wildman–Crippen LogP) is 1.19. The van der Waals surface area contributed by atoms with Gasteiger partial charge in [-0.15, -0.1) is 11.3 Å². The second kappa shape index (κ2) is 1.99. The third-order valence-electron chi connectivity index (χ3n) is 1.65. The van der Waals surface area contributed by atoms with Crippen molar-refractivity contribution < 1.29 is 0 Å². The second-order valence-corrected chi connectivity index (χ2v) is 3.39. The van der Waals surface area contributed by atoms with Crippen LogP contribution in [0, 0.1) is 13.8 Å². The van der Waals surface area contributed by atoms with Crippen molar-refractivity contribution in [2.45, 2.75) is 13.8 Å². The van der Waals surface area contributed by atoms with Crippen LogP contribution in [-0.2, 0) is 0 Å². The summed E-state index contributed by atoms with van der Waals surface area (Å²) in [7, 11) is 0. The molecule has 0 saturated heterocycles. The predicted molar refractivity (Wildman–Crippen MR) is 44.1 cm³/mol. The molecular weight excluding hydrogens is 128 g/mol. The Bertz CT molecular complexity index is 276. The maximum Gasteiger partial charge on any atom is 0.0236 e. The Balaban J connectivity index is 3.67. The van der Waals surface area contributed by atoms with Crippen molar-refractivity contribution in [1.82, 2.24) is 0 Å². The van der Waals surface area contributed by atoms with E-state index < -0.39 is 0 Å². The zero-order chi connectivity index (χ0) is 7.02. The lowest BCUT2D eigenvalue weighted by Crippen LogP contribution is -1.93. The molecule has 1 heterocycles. The minimum Gasteiger partial charge on any atom is -0.137 e. The molecule has 1 aromatic heterocycles. The van der Waals surface area contributed by atoms with Gasteiger partial charge >= 0.3 is 0 Å². The van der Waals surface area contributed by atoms with E-state index in [0.717, 1.165) is 9.06 Å². The van der Waals surface area contributed by atoms with Crippen molar-refractivity contribution in [3.63, 3.8) is 0 Å². The van der Waals surface area contributed by atoms with Gasteiger partial charge in [0.25, 0.3) is 0 Å². The Morgan fingerprint density at radius 1 is 1.00 bits per heavy atom. The van der Waals surface area contributed by atoms with E-state index in [-0.39, 0.29) is 0 Å². The van der Waals surface area contributed by atoms with E-state index in [0.29, 0.717) is 0 Å². The molecule has 0 aliphatic rings. The Hall–Kier alpha value is -0.560. The van der Waals surface area contributed by atoms with Crippen LogP contribution in [0.4, 0.5) is 0 Å². The average molecular weight is 138 g/mol. The first-order valence-corrected chi connectivity index (χ1v) is 3.68. The fourth-order valence-corrected chi connectivity index (χ4v) is 1.63. The molecule has 0 bridgehead atoms. The Morgan fingerprint density at radius 2 is 1.33 bits per heavy atom. The average Bonchev–Trinajstić information content (AvgIpc) is 1.98. The quantitative estimate of drug-likeness (QED) is 0.505. The first-order chi connectivity index (χ1) is 4.13. The third-order valence-corrected chi connectivity index (χ3v) is 2.75. The first kappa shape index (κ1) is 6.56. The van der Waals surface area contributed by atoms with Crippen molar-refractivity contribution in [3.8, 4) is 0 Å². The molecule has 0 atom stereocenters. The maximum atomic E-state index is 3.88. The van der Waals surface area contributed by atoms with Gasteiger partial charge in [0.05, 0.1) is 0 Å². The van der Waals surface area contributed by atoms with Crippen LogP contribution in [0.25, 0.3) is 13.2 Å². The van der Waals surface area contributed by atoms with Gasteiger partial charge in [0.15, 0.2) is 0 Å². The van der Waals surface area contributed by atoms with Gasteiger partial charge in [0.2, 0.25) is 0 Å². The van der Waals surface area contributed by atoms with Gasteiger partial charge in [-0.3, -0.25) is 0 Å². The summed E-state index contributed by atoms with van der Waals surface area (Å²) in [6.07, 6.45) is 0.